The van der Waals surface area contributed by atoms with E-state index in [1.54, 1.807) is 6.07 Å². The van der Waals surface area contributed by atoms with Gasteiger partial charge >= 0.3 is 0 Å². The van der Waals surface area contributed by atoms with E-state index >= 15 is 0 Å². The molecule has 0 spiro atoms. The molecule has 84 valence electrons. The Hall–Kier alpha value is -1.06. The molecule has 1 rings (SSSR count). The highest BCUT2D eigenvalue weighted by Crippen LogP contribution is 2.22. The fourth-order valence-electron chi connectivity index (χ4n) is 1.48. The Kier molecular flexibility index (Phi) is 4.59. The number of para-hydroxylation sites is 1. The molecule has 3 nitrogen and oxygen atoms in total. The van der Waals surface area contributed by atoms with Crippen LogP contribution in [-0.4, -0.2) is 18.2 Å². The zero-order valence-corrected chi connectivity index (χ0v) is 9.40. The van der Waals surface area contributed by atoms with Gasteiger partial charge in [0, 0.05) is 18.2 Å². The van der Waals surface area contributed by atoms with Gasteiger partial charge in [-0.05, 0) is 18.5 Å². The topological polar surface area (TPSA) is 58.3 Å². The molecular formula is C12H20N2O. The summed E-state index contributed by atoms with van der Waals surface area (Å²) in [5, 5.41) is 13.0. The fraction of sp³-hybridized carbons (Fsp3) is 0.500. The second-order valence-electron chi connectivity index (χ2n) is 4.15. The molecule has 15 heavy (non-hydrogen) atoms. The molecule has 0 aromatic heterocycles. The normalized spacial score (nSPS) is 13.1. The monoisotopic (exact) mass is 208 g/mol. The molecule has 0 amide bonds. The van der Waals surface area contributed by atoms with Gasteiger partial charge in [0.15, 0.2) is 0 Å². The number of hydrogen-bond donors (Lipinski definition) is 3. The van der Waals surface area contributed by atoms with E-state index in [9.17, 15) is 5.11 Å². The van der Waals surface area contributed by atoms with Gasteiger partial charge in [-0.1, -0.05) is 32.0 Å². The van der Waals surface area contributed by atoms with Crippen molar-refractivity contribution in [1.29, 1.82) is 0 Å². The van der Waals surface area contributed by atoms with Crippen LogP contribution in [0, 0.1) is 5.92 Å². The molecule has 1 aromatic rings. The van der Waals surface area contributed by atoms with Crippen molar-refractivity contribution in [2.45, 2.75) is 19.9 Å². The van der Waals surface area contributed by atoms with Crippen molar-refractivity contribution in [3.05, 3.63) is 29.8 Å². The lowest BCUT2D eigenvalue weighted by Gasteiger charge is -2.19. The predicted octanol–water partition coefficient (Wildman–Crippen LogP) is 1.64. The molecule has 1 aromatic carbocycles. The number of nitrogens with two attached hydrogens (primary N) is 1. The van der Waals surface area contributed by atoms with Crippen molar-refractivity contribution in [3.63, 3.8) is 0 Å². The molecule has 1 unspecified atom stereocenters. The van der Waals surface area contributed by atoms with Gasteiger partial charge in [-0.3, -0.25) is 0 Å². The number of rotatable bonds is 5. The van der Waals surface area contributed by atoms with Crippen LogP contribution in [0.1, 0.15) is 25.5 Å². The Morgan fingerprint density at radius 3 is 2.53 bits per heavy atom. The van der Waals surface area contributed by atoms with Crippen molar-refractivity contribution >= 4 is 0 Å². The number of benzene rings is 1. The van der Waals surface area contributed by atoms with Gasteiger partial charge < -0.3 is 16.2 Å². The standard InChI is InChI=1S/C12H20N2O/c1-9(2)8-14-11(7-13)10-5-3-4-6-12(10)15/h3-6,9,11,14-15H,7-8,13H2,1-2H3. The Morgan fingerprint density at radius 2 is 2.00 bits per heavy atom. The van der Waals surface area contributed by atoms with Crippen LogP contribution >= 0.6 is 0 Å². The van der Waals surface area contributed by atoms with Gasteiger partial charge in [0.2, 0.25) is 0 Å². The van der Waals surface area contributed by atoms with Crippen LogP contribution in [0.4, 0.5) is 0 Å². The molecule has 0 heterocycles. The molecule has 3 heteroatoms. The molecule has 4 N–H and O–H groups in total. The molecule has 1 atom stereocenters. The highest BCUT2D eigenvalue weighted by atomic mass is 16.3. The van der Waals surface area contributed by atoms with Crippen molar-refractivity contribution in [2.75, 3.05) is 13.1 Å². The SMILES string of the molecule is CC(C)CNC(CN)c1ccccc1O. The van der Waals surface area contributed by atoms with Gasteiger partial charge in [0.05, 0.1) is 0 Å². The van der Waals surface area contributed by atoms with Crippen molar-refractivity contribution < 1.29 is 5.11 Å². The fourth-order valence-corrected chi connectivity index (χ4v) is 1.48. The second-order valence-corrected chi connectivity index (χ2v) is 4.15. The molecule has 0 saturated heterocycles. The number of phenols is 1. The van der Waals surface area contributed by atoms with E-state index in [0.29, 0.717) is 18.2 Å². The van der Waals surface area contributed by atoms with Gasteiger partial charge in [-0.15, -0.1) is 0 Å². The minimum atomic E-state index is 0.0357. The zero-order valence-electron chi connectivity index (χ0n) is 9.40. The summed E-state index contributed by atoms with van der Waals surface area (Å²) in [5.41, 5.74) is 6.56. The third-order valence-corrected chi connectivity index (χ3v) is 2.32. The number of nitrogens with one attached hydrogen (secondary N) is 1. The second kappa shape index (κ2) is 5.73. The lowest BCUT2D eigenvalue weighted by Crippen LogP contribution is -2.30. The molecule has 0 radical (unpaired) electrons. The summed E-state index contributed by atoms with van der Waals surface area (Å²) in [4.78, 5) is 0. The Bertz CT molecular complexity index is 299. The van der Waals surface area contributed by atoms with Crippen molar-refractivity contribution in [1.82, 2.24) is 5.32 Å². The number of aromatic hydroxyl groups is 1. The predicted molar refractivity (Wildman–Crippen MR) is 62.7 cm³/mol. The Morgan fingerprint density at radius 1 is 1.33 bits per heavy atom. The molecule has 0 bridgehead atoms. The highest BCUT2D eigenvalue weighted by molar-refractivity contribution is 5.34. The first-order chi connectivity index (χ1) is 7.15. The average molecular weight is 208 g/mol. The third kappa shape index (κ3) is 3.53. The lowest BCUT2D eigenvalue weighted by molar-refractivity contribution is 0.434. The van der Waals surface area contributed by atoms with E-state index in [0.717, 1.165) is 12.1 Å². The number of phenolic OH excluding ortho intramolecular Hbond substituents is 1. The molecule has 0 saturated carbocycles. The van der Waals surface area contributed by atoms with Crippen molar-refractivity contribution in [3.8, 4) is 5.75 Å². The van der Waals surface area contributed by atoms with Crippen LogP contribution in [0.2, 0.25) is 0 Å². The van der Waals surface area contributed by atoms with Crippen LogP contribution in [0.15, 0.2) is 24.3 Å². The minimum Gasteiger partial charge on any atom is -0.508 e. The van der Waals surface area contributed by atoms with Gasteiger partial charge in [0.1, 0.15) is 5.75 Å². The van der Waals surface area contributed by atoms with E-state index in [1.165, 1.54) is 0 Å². The summed E-state index contributed by atoms with van der Waals surface area (Å²) in [6, 6.07) is 7.35. The summed E-state index contributed by atoms with van der Waals surface area (Å²) < 4.78 is 0. The molecule has 0 fully saturated rings. The summed E-state index contributed by atoms with van der Waals surface area (Å²) >= 11 is 0. The Labute approximate surface area is 91.3 Å². The first-order valence-corrected chi connectivity index (χ1v) is 5.36. The molecule has 0 aliphatic carbocycles. The van der Waals surface area contributed by atoms with E-state index in [1.807, 2.05) is 18.2 Å². The Balaban J connectivity index is 2.70. The molecule has 0 aliphatic heterocycles. The van der Waals surface area contributed by atoms with Gasteiger partial charge in [0.25, 0.3) is 0 Å². The average Bonchev–Trinajstić information content (AvgIpc) is 2.21. The first kappa shape index (κ1) is 12.0. The van der Waals surface area contributed by atoms with Crippen LogP contribution in [0.25, 0.3) is 0 Å². The van der Waals surface area contributed by atoms with Crippen LogP contribution in [0.3, 0.4) is 0 Å². The minimum absolute atomic E-state index is 0.0357. The van der Waals surface area contributed by atoms with Crippen molar-refractivity contribution in [2.24, 2.45) is 11.7 Å². The maximum absolute atomic E-state index is 9.68. The zero-order chi connectivity index (χ0) is 11.3. The summed E-state index contributed by atoms with van der Waals surface area (Å²) in [6.07, 6.45) is 0. The summed E-state index contributed by atoms with van der Waals surface area (Å²) in [7, 11) is 0. The molecule has 0 aliphatic rings. The van der Waals surface area contributed by atoms with Crippen LogP contribution in [0.5, 0.6) is 5.75 Å². The van der Waals surface area contributed by atoms with Crippen LogP contribution in [-0.2, 0) is 0 Å². The maximum Gasteiger partial charge on any atom is 0.120 e. The largest absolute Gasteiger partial charge is 0.508 e. The van der Waals surface area contributed by atoms with Gasteiger partial charge in [-0.2, -0.15) is 0 Å². The quantitative estimate of drug-likeness (QED) is 0.689. The lowest BCUT2D eigenvalue weighted by atomic mass is 10.1. The first-order valence-electron chi connectivity index (χ1n) is 5.36. The number of hydrogen-bond acceptors (Lipinski definition) is 3. The summed E-state index contributed by atoms with van der Waals surface area (Å²) in [5.74, 6) is 0.883. The van der Waals surface area contributed by atoms with E-state index < -0.39 is 0 Å². The van der Waals surface area contributed by atoms with E-state index in [2.05, 4.69) is 19.2 Å². The van der Waals surface area contributed by atoms with E-state index in [4.69, 9.17) is 5.73 Å². The highest BCUT2D eigenvalue weighted by Gasteiger charge is 2.12. The van der Waals surface area contributed by atoms with E-state index in [-0.39, 0.29) is 6.04 Å². The van der Waals surface area contributed by atoms with Crippen LogP contribution < -0.4 is 11.1 Å². The third-order valence-electron chi connectivity index (χ3n) is 2.32. The maximum atomic E-state index is 9.68. The summed E-state index contributed by atoms with van der Waals surface area (Å²) in [6.45, 7) is 5.68. The smallest absolute Gasteiger partial charge is 0.120 e. The molecular weight excluding hydrogens is 188 g/mol. The van der Waals surface area contributed by atoms with Gasteiger partial charge in [-0.25, -0.2) is 0 Å².